The normalized spacial score (nSPS) is 33.9. The second-order valence-corrected chi connectivity index (χ2v) is 11.5. The topological polar surface area (TPSA) is 151 Å². The lowest BCUT2D eigenvalue weighted by Crippen LogP contribution is -2.64. The minimum absolute atomic E-state index is 0.234. The van der Waals surface area contributed by atoms with Gasteiger partial charge >= 0.3 is 0 Å². The summed E-state index contributed by atoms with van der Waals surface area (Å²) in [6.07, 6.45) is -5.04. The van der Waals surface area contributed by atoms with Gasteiger partial charge in [0.15, 0.2) is 0 Å². The number of nitrogens with one attached hydrogen (secondary N) is 1. The second kappa shape index (κ2) is 9.95. The quantitative estimate of drug-likeness (QED) is 0.337. The van der Waals surface area contributed by atoms with Gasteiger partial charge in [-0.25, -0.2) is 0 Å². The molecule has 6 atom stereocenters. The minimum Gasteiger partial charge on any atom is -0.390 e. The monoisotopic (exact) mass is 512 g/mol. The molecule has 3 rings (SSSR count). The third-order valence-corrected chi connectivity index (χ3v) is 7.86. The molecule has 9 nitrogen and oxygen atoms in total. The van der Waals surface area contributed by atoms with Crippen LogP contribution in [0.25, 0.3) is 0 Å². The Hall–Kier alpha value is -1.75. The first-order chi connectivity index (χ1) is 16.1. The first-order valence-electron chi connectivity index (χ1n) is 12.0. The highest BCUT2D eigenvalue weighted by atomic mass is 35.5. The summed E-state index contributed by atoms with van der Waals surface area (Å²) in [6, 6.07) is 6.03. The molecule has 1 saturated carbocycles. The maximum absolute atomic E-state index is 13.5. The van der Waals surface area contributed by atoms with Gasteiger partial charge in [0, 0.05) is 36.4 Å². The van der Waals surface area contributed by atoms with Crippen LogP contribution < -0.4 is 5.32 Å². The highest BCUT2D eigenvalue weighted by Crippen LogP contribution is 2.46. The fourth-order valence-corrected chi connectivity index (χ4v) is 5.34. The average molecular weight is 513 g/mol. The molecule has 196 valence electrons. The van der Waals surface area contributed by atoms with Crippen molar-refractivity contribution in [3.05, 3.63) is 34.9 Å². The van der Waals surface area contributed by atoms with Crippen molar-refractivity contribution in [3.63, 3.8) is 0 Å². The van der Waals surface area contributed by atoms with E-state index >= 15 is 0 Å². The number of carbonyl (C=O) groups is 2. The Labute approximate surface area is 210 Å². The lowest BCUT2D eigenvalue weighted by atomic mass is 9.66. The van der Waals surface area contributed by atoms with Gasteiger partial charge in [0.05, 0.1) is 17.8 Å². The molecule has 1 aliphatic carbocycles. The van der Waals surface area contributed by atoms with E-state index in [0.717, 1.165) is 0 Å². The highest BCUT2D eigenvalue weighted by Gasteiger charge is 2.52. The molecule has 1 aliphatic heterocycles. The number of aliphatic hydroxyl groups excluding tert-OH is 3. The van der Waals surface area contributed by atoms with Crippen molar-refractivity contribution in [2.45, 2.75) is 82.5 Å². The number of piperidine rings is 1. The molecule has 0 spiro atoms. The Morgan fingerprint density at radius 3 is 2.09 bits per heavy atom. The minimum atomic E-state index is -2.12. The molecule has 35 heavy (non-hydrogen) atoms. The van der Waals surface area contributed by atoms with E-state index in [1.165, 1.54) is 0 Å². The van der Waals surface area contributed by atoms with Crippen LogP contribution in [0.15, 0.2) is 24.3 Å². The molecule has 2 unspecified atom stereocenters. The Bertz CT molecular complexity index is 926. The van der Waals surface area contributed by atoms with Crippen molar-refractivity contribution < 1.29 is 35.1 Å². The highest BCUT2D eigenvalue weighted by molar-refractivity contribution is 6.30. The molecule has 0 bridgehead atoms. The second-order valence-electron chi connectivity index (χ2n) is 11.0. The van der Waals surface area contributed by atoms with Crippen molar-refractivity contribution >= 4 is 23.4 Å². The van der Waals surface area contributed by atoms with Crippen molar-refractivity contribution in [2.75, 3.05) is 13.1 Å². The van der Waals surface area contributed by atoms with Crippen LogP contribution in [0, 0.1) is 11.3 Å². The molecule has 1 saturated heterocycles. The maximum Gasteiger partial charge on any atom is 0.252 e. The Balaban J connectivity index is 1.75. The van der Waals surface area contributed by atoms with Crippen LogP contribution in [-0.2, 0) is 15.2 Å². The average Bonchev–Trinajstić information content (AvgIpc) is 2.77. The molecule has 0 radical (unpaired) electrons. The molecule has 2 aliphatic rings. The fraction of sp³-hybridized carbons (Fsp3) is 0.680. The van der Waals surface area contributed by atoms with E-state index in [9.17, 15) is 35.1 Å². The van der Waals surface area contributed by atoms with E-state index in [-0.39, 0.29) is 31.3 Å². The number of likely N-dealkylation sites (tertiary alicyclic amines) is 1. The van der Waals surface area contributed by atoms with Crippen LogP contribution in [0.4, 0.5) is 0 Å². The van der Waals surface area contributed by atoms with Gasteiger partial charge in [0.25, 0.3) is 5.91 Å². The molecule has 1 aromatic carbocycles. The Morgan fingerprint density at radius 1 is 1.06 bits per heavy atom. The van der Waals surface area contributed by atoms with Gasteiger partial charge in [-0.2, -0.15) is 0 Å². The molecule has 6 N–H and O–H groups in total. The van der Waals surface area contributed by atoms with E-state index in [1.807, 2.05) is 13.8 Å². The fourth-order valence-electron chi connectivity index (χ4n) is 5.22. The molecule has 0 aromatic heterocycles. The van der Waals surface area contributed by atoms with Crippen molar-refractivity contribution in [2.24, 2.45) is 11.3 Å². The largest absolute Gasteiger partial charge is 0.390 e. The van der Waals surface area contributed by atoms with E-state index in [1.54, 1.807) is 43.0 Å². The summed E-state index contributed by atoms with van der Waals surface area (Å²) in [5.74, 6) is -1.55. The van der Waals surface area contributed by atoms with Crippen LogP contribution in [0.2, 0.25) is 5.02 Å². The predicted octanol–water partition coefficient (Wildman–Crippen LogP) is 0.535. The van der Waals surface area contributed by atoms with E-state index in [0.29, 0.717) is 10.6 Å². The van der Waals surface area contributed by atoms with Crippen molar-refractivity contribution in [1.29, 1.82) is 0 Å². The third kappa shape index (κ3) is 5.35. The number of aliphatic hydroxyl groups is 5. The van der Waals surface area contributed by atoms with Crippen LogP contribution in [0.3, 0.4) is 0 Å². The van der Waals surface area contributed by atoms with Gasteiger partial charge in [0.2, 0.25) is 5.91 Å². The molecular formula is C25H37ClN2O7. The Kier molecular flexibility index (Phi) is 7.91. The van der Waals surface area contributed by atoms with Gasteiger partial charge in [0.1, 0.15) is 17.7 Å². The summed E-state index contributed by atoms with van der Waals surface area (Å²) in [5.41, 5.74) is -3.31. The Morgan fingerprint density at radius 2 is 1.60 bits per heavy atom. The van der Waals surface area contributed by atoms with E-state index < -0.39 is 59.7 Å². The zero-order valence-electron chi connectivity index (χ0n) is 20.6. The van der Waals surface area contributed by atoms with Crippen molar-refractivity contribution in [3.8, 4) is 0 Å². The number of carbonyl (C=O) groups excluding carboxylic acids is 2. The van der Waals surface area contributed by atoms with E-state index in [2.05, 4.69) is 5.32 Å². The van der Waals surface area contributed by atoms with Gasteiger partial charge in [-0.05, 0) is 30.0 Å². The SMILES string of the molecule is CC(C)[C@@H](NC(=O)C1(O)C[C@@H](O)C(O)[C@@H](O)C1)C(=O)N1CC[C@](O)(c2ccc(Cl)cc2)C(C)(C)C1. The summed E-state index contributed by atoms with van der Waals surface area (Å²) in [4.78, 5) is 28.1. The zero-order valence-corrected chi connectivity index (χ0v) is 21.4. The van der Waals surface area contributed by atoms with Gasteiger partial charge in [-0.3, -0.25) is 9.59 Å². The molecular weight excluding hydrogens is 476 g/mol. The predicted molar refractivity (Wildman–Crippen MR) is 129 cm³/mol. The van der Waals surface area contributed by atoms with Gasteiger partial charge in [-0.15, -0.1) is 0 Å². The van der Waals surface area contributed by atoms with Crippen LogP contribution in [0.5, 0.6) is 0 Å². The number of rotatable bonds is 5. The smallest absolute Gasteiger partial charge is 0.252 e. The summed E-state index contributed by atoms with van der Waals surface area (Å²) >= 11 is 6.00. The summed E-state index contributed by atoms with van der Waals surface area (Å²) in [5, 5.41) is 55.2. The molecule has 2 fully saturated rings. The lowest BCUT2D eigenvalue weighted by molar-refractivity contribution is -0.175. The number of halogens is 1. The van der Waals surface area contributed by atoms with E-state index in [4.69, 9.17) is 11.6 Å². The summed E-state index contributed by atoms with van der Waals surface area (Å²) < 4.78 is 0. The standard InChI is InChI=1S/C25H37ClN2O7/c1-14(2)19(27-22(33)24(34)11-17(29)20(31)18(30)12-24)21(32)28-10-9-25(35,23(3,4)13-28)15-5-7-16(26)8-6-15/h5-8,14,17-20,29-31,34-35H,9-13H2,1-4H3,(H,27,33)/t17-,18+,19-,20?,24?,25+/m1/s1. The number of hydrogen-bond acceptors (Lipinski definition) is 7. The number of amides is 2. The third-order valence-electron chi connectivity index (χ3n) is 7.61. The van der Waals surface area contributed by atoms with Crippen LogP contribution in [0.1, 0.15) is 52.5 Å². The van der Waals surface area contributed by atoms with Gasteiger partial charge in [-0.1, -0.05) is 51.4 Å². The first kappa shape index (κ1) is 27.8. The summed E-state index contributed by atoms with van der Waals surface area (Å²) in [6.45, 7) is 7.78. The molecule has 2 amide bonds. The maximum atomic E-state index is 13.5. The number of nitrogens with zero attached hydrogens (tertiary/aromatic N) is 1. The summed E-state index contributed by atoms with van der Waals surface area (Å²) in [7, 11) is 0. The first-order valence-corrected chi connectivity index (χ1v) is 12.3. The van der Waals surface area contributed by atoms with Crippen LogP contribution >= 0.6 is 11.6 Å². The number of benzene rings is 1. The zero-order chi connectivity index (χ0) is 26.3. The van der Waals surface area contributed by atoms with Crippen LogP contribution in [-0.4, -0.2) is 85.3 Å². The van der Waals surface area contributed by atoms with Gasteiger partial charge < -0.3 is 35.7 Å². The van der Waals surface area contributed by atoms with Crippen molar-refractivity contribution in [1.82, 2.24) is 10.2 Å². The lowest BCUT2D eigenvalue weighted by Gasteiger charge is -2.51. The molecule has 1 aromatic rings. The molecule has 1 heterocycles. The number of hydrogen-bond donors (Lipinski definition) is 6. The molecule has 10 heteroatoms.